The van der Waals surface area contributed by atoms with E-state index in [1.807, 2.05) is 72.8 Å². The van der Waals surface area contributed by atoms with Gasteiger partial charge in [0.2, 0.25) is 0 Å². The summed E-state index contributed by atoms with van der Waals surface area (Å²) in [6.45, 7) is 0. The molecule has 5 heterocycles. The number of aromatic nitrogens is 8. The van der Waals surface area contributed by atoms with Gasteiger partial charge in [0.25, 0.3) is 10.0 Å². The fourth-order valence-corrected chi connectivity index (χ4v) is 7.91. The predicted molar refractivity (Wildman–Crippen MR) is 195 cm³/mol. The van der Waals surface area contributed by atoms with E-state index in [-0.39, 0.29) is 38.8 Å². The minimum absolute atomic E-state index is 0. The number of aromatic amines is 2. The van der Waals surface area contributed by atoms with Gasteiger partial charge in [0, 0.05) is 66.3 Å². The number of phenols is 1. The van der Waals surface area contributed by atoms with Crippen LogP contribution in [0.4, 0.5) is 5.69 Å². The molecule has 0 saturated carbocycles. The standard InChI is InChI=1S/C38H23N9O3S.Co/c48-21-18-16-20(17-19-21)47-51(49,50)29-15-7-14-28-30(29)38-45-36-27-13-6-5-12-26(27)34(43-36)41-32-23-9-2-1-8-22(23)31(39-32)40-33-24-10-3-4-11-25(24)35(42-33)44-37(28)46-38;/h1-19,47-48H,(H2,39,40,41,42,43,44,45,46);. The zero-order valence-corrected chi connectivity index (χ0v) is 28.5. The SMILES string of the molecule is O=S(=O)(Nc1ccc(O)cc1)c1cccc2c3nc4nc(nc5[nH]c(nc6nc(nc([nH]3)c12)-c1ccccc1-6)c1ccccc51)-c1ccccc1-4.[Co]. The second kappa shape index (κ2) is 11.8. The summed E-state index contributed by atoms with van der Waals surface area (Å²) in [6, 6.07) is 34.0. The maximum Gasteiger partial charge on any atom is 0.262 e. The second-order valence-corrected chi connectivity index (χ2v) is 13.7. The topological polar surface area (TPSA) is 175 Å². The molecule has 0 saturated heterocycles. The Hall–Kier alpha value is -6.48. The van der Waals surface area contributed by atoms with E-state index in [9.17, 15) is 13.5 Å². The molecule has 0 atom stereocenters. The van der Waals surface area contributed by atoms with Gasteiger partial charge in [0.1, 0.15) is 28.3 Å². The van der Waals surface area contributed by atoms with Crippen molar-refractivity contribution in [2.45, 2.75) is 4.90 Å². The molecule has 8 aromatic rings. The van der Waals surface area contributed by atoms with Crippen LogP contribution in [0.5, 0.6) is 5.75 Å². The average molecular weight is 745 g/mol. The number of hydrogen-bond donors (Lipinski definition) is 4. The molecule has 52 heavy (non-hydrogen) atoms. The number of hydrogen-bond acceptors (Lipinski definition) is 9. The van der Waals surface area contributed by atoms with Crippen molar-refractivity contribution in [1.82, 2.24) is 39.9 Å². The summed E-state index contributed by atoms with van der Waals surface area (Å²) in [7, 11) is -4.17. The zero-order chi connectivity index (χ0) is 34.3. The van der Waals surface area contributed by atoms with Gasteiger partial charge in [-0.3, -0.25) is 4.72 Å². The maximum atomic E-state index is 14.0. The van der Waals surface area contributed by atoms with Crippen LogP contribution in [-0.2, 0) is 26.8 Å². The van der Waals surface area contributed by atoms with E-state index in [0.717, 1.165) is 33.0 Å². The number of fused-ring (bicyclic) bond motifs is 20. The van der Waals surface area contributed by atoms with Crippen LogP contribution < -0.4 is 4.72 Å². The van der Waals surface area contributed by atoms with E-state index in [2.05, 4.69) is 14.7 Å². The molecule has 8 bridgehead atoms. The number of rotatable bonds is 3. The quantitative estimate of drug-likeness (QED) is 0.135. The summed E-state index contributed by atoms with van der Waals surface area (Å²) < 4.78 is 30.7. The largest absolute Gasteiger partial charge is 0.508 e. The Balaban J connectivity index is 0.00000360. The first-order valence-corrected chi connectivity index (χ1v) is 17.4. The Labute approximate surface area is 305 Å². The van der Waals surface area contributed by atoms with E-state index in [0.29, 0.717) is 51.0 Å². The molecule has 0 amide bonds. The van der Waals surface area contributed by atoms with Crippen LogP contribution >= 0.6 is 0 Å². The van der Waals surface area contributed by atoms with Gasteiger partial charge >= 0.3 is 0 Å². The fraction of sp³-hybridized carbons (Fsp3) is 0. The van der Waals surface area contributed by atoms with Crippen LogP contribution in [0.1, 0.15) is 0 Å². The van der Waals surface area contributed by atoms with Crippen molar-refractivity contribution in [2.75, 3.05) is 4.72 Å². The van der Waals surface area contributed by atoms with Crippen LogP contribution in [0.2, 0.25) is 0 Å². The Morgan fingerprint density at radius 1 is 0.481 bits per heavy atom. The first-order chi connectivity index (χ1) is 24.9. The number of aromatic hydroxyl groups is 1. The summed E-state index contributed by atoms with van der Waals surface area (Å²) >= 11 is 0. The molecule has 2 aliphatic heterocycles. The van der Waals surface area contributed by atoms with Gasteiger partial charge in [-0.2, -0.15) is 0 Å². The number of anilines is 1. The Morgan fingerprint density at radius 2 is 0.904 bits per heavy atom. The van der Waals surface area contributed by atoms with Gasteiger partial charge < -0.3 is 15.1 Å². The molecule has 14 heteroatoms. The van der Waals surface area contributed by atoms with Crippen LogP contribution in [0.25, 0.3) is 89.7 Å². The van der Waals surface area contributed by atoms with E-state index in [4.69, 9.17) is 29.9 Å². The first-order valence-electron chi connectivity index (χ1n) is 15.9. The third-order valence-corrected chi connectivity index (χ3v) is 10.4. The predicted octanol–water partition coefficient (Wildman–Crippen LogP) is 7.37. The first kappa shape index (κ1) is 31.5. The van der Waals surface area contributed by atoms with Crippen molar-refractivity contribution >= 4 is 59.8 Å². The third-order valence-electron chi connectivity index (χ3n) is 8.95. The number of H-pyrrole nitrogens is 2. The summed E-state index contributed by atoms with van der Waals surface area (Å²) in [5.41, 5.74) is 5.13. The molecule has 253 valence electrons. The molecular weight excluding hydrogens is 721 g/mol. The molecule has 0 aliphatic carbocycles. The molecule has 0 fully saturated rings. The van der Waals surface area contributed by atoms with Gasteiger partial charge in [0.05, 0.1) is 4.90 Å². The molecule has 3 aromatic heterocycles. The smallest absolute Gasteiger partial charge is 0.262 e. The van der Waals surface area contributed by atoms with Crippen molar-refractivity contribution in [2.24, 2.45) is 0 Å². The minimum atomic E-state index is -4.17. The van der Waals surface area contributed by atoms with Crippen LogP contribution in [0.15, 0.2) is 120 Å². The second-order valence-electron chi connectivity index (χ2n) is 12.1. The average Bonchev–Trinajstić information content (AvgIpc) is 3.88. The number of nitrogens with zero attached hydrogens (tertiary/aromatic N) is 6. The van der Waals surface area contributed by atoms with Crippen molar-refractivity contribution in [3.05, 3.63) is 115 Å². The molecule has 0 spiro atoms. The number of sulfonamides is 1. The fourth-order valence-electron chi connectivity index (χ4n) is 6.62. The van der Waals surface area contributed by atoms with Crippen LogP contribution in [0.3, 0.4) is 0 Å². The van der Waals surface area contributed by atoms with Gasteiger partial charge in [-0.1, -0.05) is 84.9 Å². The summed E-state index contributed by atoms with van der Waals surface area (Å²) in [6.07, 6.45) is 0. The van der Waals surface area contributed by atoms with E-state index < -0.39 is 10.0 Å². The minimum Gasteiger partial charge on any atom is -0.508 e. The van der Waals surface area contributed by atoms with Crippen LogP contribution in [-0.4, -0.2) is 53.4 Å². The molecule has 5 aromatic carbocycles. The third kappa shape index (κ3) is 4.99. The van der Waals surface area contributed by atoms with Crippen molar-refractivity contribution in [1.29, 1.82) is 0 Å². The van der Waals surface area contributed by atoms with Gasteiger partial charge in [-0.25, -0.2) is 38.3 Å². The molecule has 1 radical (unpaired) electrons. The van der Waals surface area contributed by atoms with Gasteiger partial charge in [-0.15, -0.1) is 0 Å². The molecule has 2 aliphatic rings. The molecular formula is C38H23CoN9O3S. The summed E-state index contributed by atoms with van der Waals surface area (Å²) in [5, 5.41) is 12.3. The molecule has 0 unspecified atom stereocenters. The van der Waals surface area contributed by atoms with E-state index in [1.54, 1.807) is 12.1 Å². The Kier molecular flexibility index (Phi) is 7.15. The van der Waals surface area contributed by atoms with Crippen LogP contribution in [0, 0.1) is 0 Å². The molecule has 10 rings (SSSR count). The Bertz CT molecular complexity index is 3050. The number of benzene rings is 5. The van der Waals surface area contributed by atoms with E-state index >= 15 is 0 Å². The number of nitrogens with one attached hydrogen (secondary N) is 3. The molecule has 12 nitrogen and oxygen atoms in total. The van der Waals surface area contributed by atoms with Crippen molar-refractivity contribution < 1.29 is 30.3 Å². The summed E-state index contributed by atoms with van der Waals surface area (Å²) in [4.78, 5) is 36.4. The van der Waals surface area contributed by atoms with Gasteiger partial charge in [-0.05, 0) is 30.3 Å². The van der Waals surface area contributed by atoms with E-state index in [1.165, 1.54) is 30.3 Å². The zero-order valence-electron chi connectivity index (χ0n) is 26.7. The van der Waals surface area contributed by atoms with Crippen molar-refractivity contribution in [3.63, 3.8) is 0 Å². The normalized spacial score (nSPS) is 11.9. The maximum absolute atomic E-state index is 14.0. The number of phenolic OH excluding ortho intramolecular Hbond substituents is 1. The molecule has 4 N–H and O–H groups in total. The monoisotopic (exact) mass is 744 g/mol. The Morgan fingerprint density at radius 3 is 1.42 bits per heavy atom. The summed E-state index contributed by atoms with van der Waals surface area (Å²) in [5.74, 6) is 1.68. The van der Waals surface area contributed by atoms with Gasteiger partial charge in [0.15, 0.2) is 23.3 Å². The van der Waals surface area contributed by atoms with Crippen molar-refractivity contribution in [3.8, 4) is 51.3 Å².